The number of carbonyl (C=O) groups excluding carboxylic acids is 1. The maximum Gasteiger partial charge on any atom is 0.240 e. The molecule has 0 radical (unpaired) electrons. The zero-order valence-corrected chi connectivity index (χ0v) is 13.3. The van der Waals surface area contributed by atoms with E-state index in [1.165, 1.54) is 0 Å². The number of ether oxygens (including phenoxy) is 1. The van der Waals surface area contributed by atoms with Crippen LogP contribution in [0.25, 0.3) is 0 Å². The lowest BCUT2D eigenvalue weighted by atomic mass is 9.79. The molecule has 0 atom stereocenters. The number of amides is 1. The summed E-state index contributed by atoms with van der Waals surface area (Å²) in [5.74, 6) is -0.00877. The maximum atomic E-state index is 12.2. The first-order chi connectivity index (χ1) is 8.52. The topological polar surface area (TPSA) is 64.4 Å². The van der Waals surface area contributed by atoms with Crippen molar-refractivity contribution in [2.75, 3.05) is 19.8 Å². The molecule has 1 aliphatic heterocycles. The minimum atomic E-state index is -0.723. The van der Waals surface area contributed by atoms with E-state index in [1.807, 2.05) is 0 Å². The van der Waals surface area contributed by atoms with Crippen LogP contribution in [0.4, 0.5) is 0 Å². The number of hydrogen-bond donors (Lipinski definition) is 2. The van der Waals surface area contributed by atoms with Crippen LogP contribution in [0.1, 0.15) is 52.9 Å². The Bertz CT molecular complexity index is 266. The van der Waals surface area contributed by atoms with Gasteiger partial charge in [0, 0.05) is 19.8 Å². The predicted molar refractivity (Wildman–Crippen MR) is 80.5 cm³/mol. The Morgan fingerprint density at radius 2 is 1.68 bits per heavy atom. The first-order valence-electron chi connectivity index (χ1n) is 7.17. The van der Waals surface area contributed by atoms with Crippen molar-refractivity contribution in [1.82, 2.24) is 5.32 Å². The Hall–Kier alpha value is -0.320. The van der Waals surface area contributed by atoms with Crippen molar-refractivity contribution in [1.29, 1.82) is 0 Å². The minimum absolute atomic E-state index is 0. The van der Waals surface area contributed by atoms with Gasteiger partial charge in [0.25, 0.3) is 0 Å². The number of carbonyl (C=O) groups is 1. The van der Waals surface area contributed by atoms with Crippen molar-refractivity contribution in [3.05, 3.63) is 0 Å². The van der Waals surface area contributed by atoms with E-state index >= 15 is 0 Å². The van der Waals surface area contributed by atoms with Gasteiger partial charge in [0.2, 0.25) is 5.91 Å². The molecule has 0 unspecified atom stereocenters. The van der Waals surface area contributed by atoms with E-state index in [1.54, 1.807) is 0 Å². The van der Waals surface area contributed by atoms with Gasteiger partial charge in [-0.2, -0.15) is 0 Å². The van der Waals surface area contributed by atoms with Gasteiger partial charge in [-0.05, 0) is 37.5 Å². The summed E-state index contributed by atoms with van der Waals surface area (Å²) >= 11 is 0. The monoisotopic (exact) mass is 292 g/mol. The van der Waals surface area contributed by atoms with Crippen molar-refractivity contribution in [2.24, 2.45) is 11.1 Å². The Morgan fingerprint density at radius 1 is 1.21 bits per heavy atom. The lowest BCUT2D eigenvalue weighted by Gasteiger charge is -2.35. The summed E-state index contributed by atoms with van der Waals surface area (Å²) in [5, 5.41) is 3.07. The van der Waals surface area contributed by atoms with E-state index in [9.17, 15) is 4.79 Å². The number of nitrogens with two attached hydrogens (primary N) is 1. The lowest BCUT2D eigenvalue weighted by Crippen LogP contribution is -2.58. The Kier molecular flexibility index (Phi) is 7.94. The summed E-state index contributed by atoms with van der Waals surface area (Å²) in [7, 11) is 0. The maximum absolute atomic E-state index is 12.2. The summed E-state index contributed by atoms with van der Waals surface area (Å²) in [6, 6.07) is 0. The molecule has 0 aromatic rings. The van der Waals surface area contributed by atoms with E-state index in [-0.39, 0.29) is 23.7 Å². The SMILES string of the molecule is CCC(CC)(CC)CNC(=O)C1(N)CCOCC1.Cl. The number of hydrogen-bond acceptors (Lipinski definition) is 3. The fourth-order valence-electron chi connectivity index (χ4n) is 2.53. The van der Waals surface area contributed by atoms with Crippen LogP contribution in [0.5, 0.6) is 0 Å². The van der Waals surface area contributed by atoms with Crippen molar-refractivity contribution in [2.45, 2.75) is 58.4 Å². The van der Waals surface area contributed by atoms with Gasteiger partial charge in [0.1, 0.15) is 0 Å². The van der Waals surface area contributed by atoms with Gasteiger partial charge < -0.3 is 15.8 Å². The molecule has 0 bridgehead atoms. The van der Waals surface area contributed by atoms with E-state index in [0.29, 0.717) is 26.1 Å². The molecule has 0 aliphatic carbocycles. The van der Waals surface area contributed by atoms with Crippen LogP contribution in [0, 0.1) is 5.41 Å². The molecule has 19 heavy (non-hydrogen) atoms. The van der Waals surface area contributed by atoms with E-state index in [4.69, 9.17) is 10.5 Å². The quantitative estimate of drug-likeness (QED) is 0.789. The van der Waals surface area contributed by atoms with Crippen molar-refractivity contribution in [3.63, 3.8) is 0 Å². The molecule has 5 heteroatoms. The molecule has 1 aliphatic rings. The summed E-state index contributed by atoms with van der Waals surface area (Å²) in [6.07, 6.45) is 4.50. The molecule has 0 aromatic heterocycles. The fraction of sp³-hybridized carbons (Fsp3) is 0.929. The van der Waals surface area contributed by atoms with Crippen LogP contribution in [-0.4, -0.2) is 31.2 Å². The highest BCUT2D eigenvalue weighted by atomic mass is 35.5. The molecule has 0 saturated carbocycles. The highest BCUT2D eigenvalue weighted by Gasteiger charge is 2.36. The predicted octanol–water partition coefficient (Wildman–Crippen LogP) is 2.25. The van der Waals surface area contributed by atoms with E-state index < -0.39 is 5.54 Å². The van der Waals surface area contributed by atoms with Gasteiger partial charge in [-0.25, -0.2) is 0 Å². The minimum Gasteiger partial charge on any atom is -0.381 e. The third kappa shape index (κ3) is 4.62. The standard InChI is InChI=1S/C14H28N2O2.ClH/c1-4-13(5-2,6-3)11-16-12(17)14(15)7-9-18-10-8-14;/h4-11,15H2,1-3H3,(H,16,17);1H. The Morgan fingerprint density at radius 3 is 2.11 bits per heavy atom. The van der Waals surface area contributed by atoms with Gasteiger partial charge in [0.15, 0.2) is 0 Å². The third-order valence-corrected chi connectivity index (χ3v) is 4.71. The number of nitrogens with one attached hydrogen (secondary N) is 1. The van der Waals surface area contributed by atoms with Gasteiger partial charge in [-0.15, -0.1) is 12.4 Å². The summed E-state index contributed by atoms with van der Waals surface area (Å²) in [5.41, 5.74) is 5.66. The molecule has 1 rings (SSSR count). The second-order valence-corrected chi connectivity index (χ2v) is 5.51. The average Bonchev–Trinajstić information content (AvgIpc) is 2.41. The fourth-order valence-corrected chi connectivity index (χ4v) is 2.53. The van der Waals surface area contributed by atoms with Gasteiger partial charge in [0.05, 0.1) is 5.54 Å². The Balaban J connectivity index is 0.00000324. The number of rotatable bonds is 6. The molecule has 1 fully saturated rings. The van der Waals surface area contributed by atoms with Crippen LogP contribution >= 0.6 is 12.4 Å². The molecule has 114 valence electrons. The van der Waals surface area contributed by atoms with Crippen LogP contribution in [-0.2, 0) is 9.53 Å². The van der Waals surface area contributed by atoms with Gasteiger partial charge in [-0.1, -0.05) is 20.8 Å². The third-order valence-electron chi connectivity index (χ3n) is 4.71. The molecule has 0 spiro atoms. The smallest absolute Gasteiger partial charge is 0.240 e. The van der Waals surface area contributed by atoms with Gasteiger partial charge in [-0.3, -0.25) is 4.79 Å². The molecule has 4 nitrogen and oxygen atoms in total. The molecule has 0 aromatic carbocycles. The van der Waals surface area contributed by atoms with Crippen molar-refractivity contribution < 1.29 is 9.53 Å². The second kappa shape index (κ2) is 8.08. The van der Waals surface area contributed by atoms with Crippen LogP contribution < -0.4 is 11.1 Å². The summed E-state index contributed by atoms with van der Waals surface area (Å²) < 4.78 is 5.26. The highest BCUT2D eigenvalue weighted by Crippen LogP contribution is 2.29. The van der Waals surface area contributed by atoms with Crippen LogP contribution in [0.2, 0.25) is 0 Å². The molecular formula is C14H29ClN2O2. The van der Waals surface area contributed by atoms with Gasteiger partial charge >= 0.3 is 0 Å². The summed E-state index contributed by atoms with van der Waals surface area (Å²) in [6.45, 7) is 8.47. The highest BCUT2D eigenvalue weighted by molar-refractivity contribution is 5.86. The largest absolute Gasteiger partial charge is 0.381 e. The lowest BCUT2D eigenvalue weighted by molar-refractivity contribution is -0.130. The second-order valence-electron chi connectivity index (χ2n) is 5.51. The summed E-state index contributed by atoms with van der Waals surface area (Å²) in [4.78, 5) is 12.2. The molecular weight excluding hydrogens is 264 g/mol. The normalized spacial score (nSPS) is 18.5. The van der Waals surface area contributed by atoms with E-state index in [0.717, 1.165) is 25.8 Å². The molecule has 1 heterocycles. The zero-order valence-electron chi connectivity index (χ0n) is 12.5. The zero-order chi connectivity index (χ0) is 13.6. The van der Waals surface area contributed by atoms with Crippen LogP contribution in [0.15, 0.2) is 0 Å². The average molecular weight is 293 g/mol. The van der Waals surface area contributed by atoms with Crippen molar-refractivity contribution in [3.8, 4) is 0 Å². The van der Waals surface area contributed by atoms with Crippen LogP contribution in [0.3, 0.4) is 0 Å². The number of halogens is 1. The van der Waals surface area contributed by atoms with E-state index in [2.05, 4.69) is 26.1 Å². The first kappa shape index (κ1) is 18.7. The first-order valence-corrected chi connectivity index (χ1v) is 7.17. The molecule has 1 amide bonds. The van der Waals surface area contributed by atoms with Crippen molar-refractivity contribution >= 4 is 18.3 Å². The molecule has 3 N–H and O–H groups in total. The Labute approximate surface area is 123 Å². The molecule has 1 saturated heterocycles.